The zero-order chi connectivity index (χ0) is 11.4. The maximum absolute atomic E-state index is 4.25. The van der Waals surface area contributed by atoms with Crippen molar-refractivity contribution in [1.29, 1.82) is 0 Å². The van der Waals surface area contributed by atoms with Gasteiger partial charge in [0.25, 0.3) is 0 Å². The zero-order valence-electron chi connectivity index (χ0n) is 9.47. The summed E-state index contributed by atoms with van der Waals surface area (Å²) in [5, 5.41) is 2.22. The molecule has 0 fully saturated rings. The van der Waals surface area contributed by atoms with Crippen LogP contribution in [-0.4, -0.2) is 6.26 Å². The van der Waals surface area contributed by atoms with E-state index in [4.69, 9.17) is 0 Å². The molecule has 0 N–H and O–H groups in total. The SMILES string of the molecule is C=C(/C(=C/SC)C1C=CC=C1)C1C=CC=C1. The lowest BCUT2D eigenvalue weighted by atomic mass is 9.88. The first-order chi connectivity index (χ1) is 7.83. The highest BCUT2D eigenvalue weighted by Crippen LogP contribution is 2.33. The molecule has 0 unspecified atom stereocenters. The maximum Gasteiger partial charge on any atom is 0.0212 e. The van der Waals surface area contributed by atoms with Crippen molar-refractivity contribution >= 4 is 11.8 Å². The second kappa shape index (κ2) is 5.22. The van der Waals surface area contributed by atoms with Crippen molar-refractivity contribution in [2.75, 3.05) is 6.26 Å². The van der Waals surface area contributed by atoms with Gasteiger partial charge in [0.15, 0.2) is 0 Å². The Morgan fingerprint density at radius 1 is 1.00 bits per heavy atom. The van der Waals surface area contributed by atoms with Crippen LogP contribution in [0.15, 0.2) is 71.7 Å². The monoisotopic (exact) mass is 228 g/mol. The normalized spacial score (nSPS) is 20.2. The first-order valence-corrected chi connectivity index (χ1v) is 6.73. The summed E-state index contributed by atoms with van der Waals surface area (Å²) in [6, 6.07) is 0. The first kappa shape index (κ1) is 11.3. The van der Waals surface area contributed by atoms with Gasteiger partial charge in [-0.2, -0.15) is 0 Å². The van der Waals surface area contributed by atoms with E-state index in [1.165, 1.54) is 11.1 Å². The van der Waals surface area contributed by atoms with Crippen molar-refractivity contribution in [2.45, 2.75) is 0 Å². The molecule has 1 heteroatoms. The van der Waals surface area contributed by atoms with E-state index in [2.05, 4.69) is 66.9 Å². The van der Waals surface area contributed by atoms with Gasteiger partial charge < -0.3 is 0 Å². The molecule has 0 heterocycles. The van der Waals surface area contributed by atoms with Gasteiger partial charge in [-0.1, -0.05) is 55.2 Å². The number of allylic oxidation sites excluding steroid dienone is 10. The van der Waals surface area contributed by atoms with Crippen LogP contribution in [0, 0.1) is 11.8 Å². The number of hydrogen-bond acceptors (Lipinski definition) is 1. The molecule has 0 aromatic heterocycles. The lowest BCUT2D eigenvalue weighted by Crippen LogP contribution is -2.04. The summed E-state index contributed by atoms with van der Waals surface area (Å²) in [5.74, 6) is 0.781. The average molecular weight is 228 g/mol. The Morgan fingerprint density at radius 2 is 1.50 bits per heavy atom. The van der Waals surface area contributed by atoms with Gasteiger partial charge in [-0.25, -0.2) is 0 Å². The largest absolute Gasteiger partial charge is 0.137 e. The van der Waals surface area contributed by atoms with Gasteiger partial charge in [0.2, 0.25) is 0 Å². The fraction of sp³-hybridized carbons (Fsp3) is 0.200. The Kier molecular flexibility index (Phi) is 3.68. The van der Waals surface area contributed by atoms with E-state index in [1.807, 2.05) is 0 Å². The van der Waals surface area contributed by atoms with Gasteiger partial charge in [0.05, 0.1) is 0 Å². The standard InChI is InChI=1S/C15H16S/c1-12(13-7-3-4-8-13)15(11-16-2)14-9-5-6-10-14/h3-11,13-14H,1H2,2H3/b15-11-. The van der Waals surface area contributed by atoms with E-state index >= 15 is 0 Å². The Labute approximate surface area is 102 Å². The fourth-order valence-corrected chi connectivity index (χ4v) is 2.55. The van der Waals surface area contributed by atoms with Crippen LogP contribution in [0.3, 0.4) is 0 Å². The Bertz CT molecular complexity index is 395. The summed E-state index contributed by atoms with van der Waals surface area (Å²) in [5.41, 5.74) is 2.54. The highest BCUT2D eigenvalue weighted by atomic mass is 32.2. The second-order valence-electron chi connectivity index (χ2n) is 3.93. The topological polar surface area (TPSA) is 0 Å². The van der Waals surface area contributed by atoms with Gasteiger partial charge in [0, 0.05) is 11.8 Å². The van der Waals surface area contributed by atoms with Crippen molar-refractivity contribution in [1.82, 2.24) is 0 Å². The molecule has 0 spiro atoms. The van der Waals surface area contributed by atoms with E-state index < -0.39 is 0 Å². The molecule has 0 aromatic carbocycles. The molecule has 0 bridgehead atoms. The Morgan fingerprint density at radius 3 is 2.00 bits per heavy atom. The minimum absolute atomic E-state index is 0.376. The molecule has 0 saturated carbocycles. The maximum atomic E-state index is 4.25. The van der Waals surface area contributed by atoms with Crippen LogP contribution in [-0.2, 0) is 0 Å². The minimum atomic E-state index is 0.376. The smallest absolute Gasteiger partial charge is 0.0212 e. The third-order valence-corrected chi connectivity index (χ3v) is 3.36. The summed E-state index contributed by atoms with van der Waals surface area (Å²) in [7, 11) is 0. The van der Waals surface area contributed by atoms with Crippen molar-refractivity contribution in [2.24, 2.45) is 11.8 Å². The van der Waals surface area contributed by atoms with E-state index in [1.54, 1.807) is 11.8 Å². The Hall–Kier alpha value is -1.21. The van der Waals surface area contributed by atoms with Crippen LogP contribution in [0.5, 0.6) is 0 Å². The molecular formula is C15H16S. The predicted molar refractivity (Wildman–Crippen MR) is 74.3 cm³/mol. The lowest BCUT2D eigenvalue weighted by molar-refractivity contribution is 0.911. The van der Waals surface area contributed by atoms with Gasteiger partial charge in [0.1, 0.15) is 0 Å². The van der Waals surface area contributed by atoms with Crippen LogP contribution in [0.4, 0.5) is 0 Å². The summed E-state index contributed by atoms with van der Waals surface area (Å²) >= 11 is 1.74. The predicted octanol–water partition coefficient (Wildman–Crippen LogP) is 4.27. The zero-order valence-corrected chi connectivity index (χ0v) is 10.3. The molecule has 2 aliphatic rings. The third-order valence-electron chi connectivity index (χ3n) is 2.87. The van der Waals surface area contributed by atoms with Crippen molar-refractivity contribution < 1.29 is 0 Å². The molecule has 0 atom stereocenters. The summed E-state index contributed by atoms with van der Waals surface area (Å²) in [6.07, 6.45) is 19.3. The van der Waals surface area contributed by atoms with Crippen LogP contribution in [0.1, 0.15) is 0 Å². The summed E-state index contributed by atoms with van der Waals surface area (Å²) in [4.78, 5) is 0. The highest BCUT2D eigenvalue weighted by molar-refractivity contribution is 8.01. The Balaban J connectivity index is 2.19. The van der Waals surface area contributed by atoms with E-state index in [0.717, 1.165) is 0 Å². The third kappa shape index (κ3) is 2.30. The molecule has 0 nitrogen and oxygen atoms in total. The molecule has 0 aromatic rings. The second-order valence-corrected chi connectivity index (χ2v) is 4.63. The van der Waals surface area contributed by atoms with E-state index in [-0.39, 0.29) is 0 Å². The van der Waals surface area contributed by atoms with E-state index in [0.29, 0.717) is 11.8 Å². The molecule has 0 saturated heterocycles. The molecule has 0 amide bonds. The van der Waals surface area contributed by atoms with Gasteiger partial charge >= 0.3 is 0 Å². The molecular weight excluding hydrogens is 212 g/mol. The first-order valence-electron chi connectivity index (χ1n) is 5.45. The van der Waals surface area contributed by atoms with E-state index in [9.17, 15) is 0 Å². The molecule has 0 radical (unpaired) electrons. The summed E-state index contributed by atoms with van der Waals surface area (Å²) < 4.78 is 0. The van der Waals surface area contributed by atoms with Crippen molar-refractivity contribution in [3.8, 4) is 0 Å². The summed E-state index contributed by atoms with van der Waals surface area (Å²) in [6.45, 7) is 4.25. The molecule has 2 aliphatic carbocycles. The van der Waals surface area contributed by atoms with Crippen LogP contribution in [0.2, 0.25) is 0 Å². The number of hydrogen-bond donors (Lipinski definition) is 0. The molecule has 82 valence electrons. The van der Waals surface area contributed by atoms with Gasteiger partial charge in [-0.3, -0.25) is 0 Å². The van der Waals surface area contributed by atoms with Crippen LogP contribution in [0.25, 0.3) is 0 Å². The van der Waals surface area contributed by atoms with Gasteiger partial charge in [-0.15, -0.1) is 11.8 Å². The molecule has 16 heavy (non-hydrogen) atoms. The molecule has 0 aliphatic heterocycles. The van der Waals surface area contributed by atoms with Crippen LogP contribution < -0.4 is 0 Å². The lowest BCUT2D eigenvalue weighted by Gasteiger charge is -2.17. The fourth-order valence-electron chi connectivity index (χ4n) is 1.99. The van der Waals surface area contributed by atoms with Crippen molar-refractivity contribution in [3.63, 3.8) is 0 Å². The van der Waals surface area contributed by atoms with Crippen molar-refractivity contribution in [3.05, 3.63) is 71.7 Å². The number of rotatable bonds is 4. The highest BCUT2D eigenvalue weighted by Gasteiger charge is 2.18. The van der Waals surface area contributed by atoms with Gasteiger partial charge in [-0.05, 0) is 22.8 Å². The molecule has 2 rings (SSSR count). The van der Waals surface area contributed by atoms with Crippen LogP contribution >= 0.6 is 11.8 Å². The quantitative estimate of drug-likeness (QED) is 0.647. The minimum Gasteiger partial charge on any atom is -0.137 e. The average Bonchev–Trinajstić information content (AvgIpc) is 2.96. The number of thioether (sulfide) groups is 1.